The van der Waals surface area contributed by atoms with Gasteiger partial charge < -0.3 is 0 Å². The molecule has 0 radical (unpaired) electrons. The van der Waals surface area contributed by atoms with Gasteiger partial charge in [0.1, 0.15) is 5.40 Å². The van der Waals surface area contributed by atoms with Crippen molar-refractivity contribution in [1.82, 2.24) is 0 Å². The molecule has 0 fully saturated rings. The Morgan fingerprint density at radius 2 is 2.15 bits per heavy atom. The zero-order valence-corrected chi connectivity index (χ0v) is 10.3. The summed E-state index contributed by atoms with van der Waals surface area (Å²) < 4.78 is 0.798. The van der Waals surface area contributed by atoms with E-state index in [1.165, 1.54) is 0 Å². The van der Waals surface area contributed by atoms with E-state index in [4.69, 9.17) is 28.5 Å². The molecular weight excluding hydrogens is 293 g/mol. The van der Waals surface area contributed by atoms with Crippen molar-refractivity contribution in [2.24, 2.45) is 0 Å². The van der Waals surface area contributed by atoms with Crippen molar-refractivity contribution >= 4 is 50.9 Å². The van der Waals surface area contributed by atoms with E-state index in [1.807, 2.05) is 5.40 Å². The summed E-state index contributed by atoms with van der Waals surface area (Å²) in [7, 11) is 0. The topological polar surface area (TPSA) is 23.8 Å². The van der Waals surface area contributed by atoms with Gasteiger partial charge in [0.15, 0.2) is 0 Å². The van der Waals surface area contributed by atoms with Gasteiger partial charge in [-0.2, -0.15) is 5.26 Å². The number of nitriles is 1. The lowest BCUT2D eigenvalue weighted by Crippen LogP contribution is -1.84. The molecule has 68 valence electrons. The Hall–Kier alpha value is 0.120. The molecule has 13 heavy (non-hydrogen) atoms. The number of halogens is 3. The van der Waals surface area contributed by atoms with Crippen LogP contribution in [0.1, 0.15) is 5.56 Å². The van der Waals surface area contributed by atoms with E-state index >= 15 is 0 Å². The molecule has 0 aromatic heterocycles. The maximum absolute atomic E-state index is 8.39. The first kappa shape index (κ1) is 11.2. The van der Waals surface area contributed by atoms with Crippen LogP contribution in [-0.4, -0.2) is 0 Å². The van der Waals surface area contributed by atoms with Gasteiger partial charge in [0.2, 0.25) is 0 Å². The van der Waals surface area contributed by atoms with Gasteiger partial charge in [-0.15, -0.1) is 0 Å². The van der Waals surface area contributed by atoms with Crippen molar-refractivity contribution in [3.05, 3.63) is 32.2 Å². The van der Waals surface area contributed by atoms with Crippen molar-refractivity contribution < 1.29 is 0 Å². The number of hydrogen-bond donors (Lipinski definition) is 0. The molecule has 0 saturated carbocycles. The summed E-state index contributed by atoms with van der Waals surface area (Å²) >= 11 is 16.3. The van der Waals surface area contributed by atoms with E-state index in [9.17, 15) is 0 Å². The molecule has 5 heteroatoms. The second-order valence-corrected chi connectivity index (χ2v) is 4.60. The largest absolute Gasteiger partial charge is 0.185 e. The van der Waals surface area contributed by atoms with Crippen LogP contribution in [0.2, 0.25) is 10.0 Å². The Morgan fingerprint density at radius 1 is 1.46 bits per heavy atom. The van der Waals surface area contributed by atoms with Crippen LogP contribution >= 0.6 is 50.9 Å². The predicted molar refractivity (Wildman–Crippen MR) is 61.1 cm³/mol. The van der Waals surface area contributed by atoms with Crippen molar-refractivity contribution in [1.29, 1.82) is 5.26 Å². The van der Waals surface area contributed by atoms with Crippen LogP contribution in [-0.2, 0) is 5.75 Å². The molecule has 0 N–H and O–H groups in total. The van der Waals surface area contributed by atoms with Crippen molar-refractivity contribution in [2.45, 2.75) is 5.75 Å². The highest BCUT2D eigenvalue weighted by Gasteiger charge is 2.08. The van der Waals surface area contributed by atoms with E-state index in [0.29, 0.717) is 15.8 Å². The minimum atomic E-state index is 0.508. The number of thioether (sulfide) groups is 1. The zero-order valence-electron chi connectivity index (χ0n) is 6.35. The summed E-state index contributed by atoms with van der Waals surface area (Å²) in [6.45, 7) is 0. The third kappa shape index (κ3) is 2.78. The van der Waals surface area contributed by atoms with E-state index in [-0.39, 0.29) is 0 Å². The Bertz CT molecular complexity index is 362. The van der Waals surface area contributed by atoms with Crippen LogP contribution in [0.15, 0.2) is 16.6 Å². The van der Waals surface area contributed by atoms with Crippen LogP contribution in [0.4, 0.5) is 0 Å². The minimum absolute atomic E-state index is 0.508. The van der Waals surface area contributed by atoms with Gasteiger partial charge in [-0.3, -0.25) is 0 Å². The molecule has 1 nitrogen and oxygen atoms in total. The summed E-state index contributed by atoms with van der Waals surface area (Å²) in [5, 5.41) is 11.5. The highest BCUT2D eigenvalue weighted by molar-refractivity contribution is 9.10. The van der Waals surface area contributed by atoms with Crippen LogP contribution in [0.5, 0.6) is 0 Å². The van der Waals surface area contributed by atoms with E-state index < -0.39 is 0 Å². The molecular formula is C8H4BrCl2NS. The lowest BCUT2D eigenvalue weighted by molar-refractivity contribution is 1.40. The Kier molecular flexibility index (Phi) is 4.40. The number of thiocyanates is 1. The SMILES string of the molecule is N#CSCc1c(Cl)ccc(Br)c1Cl. The summed E-state index contributed by atoms with van der Waals surface area (Å²) in [4.78, 5) is 0. The molecule has 0 aliphatic carbocycles. The average molecular weight is 297 g/mol. The molecule has 0 spiro atoms. The normalized spacial score (nSPS) is 9.69. The van der Waals surface area contributed by atoms with Crippen molar-refractivity contribution in [3.8, 4) is 5.40 Å². The molecule has 0 bridgehead atoms. The van der Waals surface area contributed by atoms with E-state index in [2.05, 4.69) is 15.9 Å². The monoisotopic (exact) mass is 295 g/mol. The molecule has 0 aliphatic rings. The Balaban J connectivity index is 3.04. The first-order valence-electron chi connectivity index (χ1n) is 3.30. The van der Waals surface area contributed by atoms with Gasteiger partial charge >= 0.3 is 0 Å². The number of rotatable bonds is 2. The molecule has 1 rings (SSSR count). The van der Waals surface area contributed by atoms with Crippen molar-refractivity contribution in [3.63, 3.8) is 0 Å². The summed E-state index contributed by atoms with van der Waals surface area (Å²) in [5.74, 6) is 0.508. The highest BCUT2D eigenvalue weighted by atomic mass is 79.9. The van der Waals surface area contributed by atoms with Crippen LogP contribution in [0, 0.1) is 10.7 Å². The molecule has 1 aromatic carbocycles. The fraction of sp³-hybridized carbons (Fsp3) is 0.125. The molecule has 1 aromatic rings. The second-order valence-electron chi connectivity index (χ2n) is 2.20. The number of hydrogen-bond acceptors (Lipinski definition) is 2. The minimum Gasteiger partial charge on any atom is -0.185 e. The smallest absolute Gasteiger partial charge is 0.133 e. The van der Waals surface area contributed by atoms with Gasteiger partial charge in [-0.1, -0.05) is 23.2 Å². The number of nitrogens with zero attached hydrogens (tertiary/aromatic N) is 1. The summed E-state index contributed by atoms with van der Waals surface area (Å²) in [6.07, 6.45) is 0. The van der Waals surface area contributed by atoms with Crippen LogP contribution in [0.3, 0.4) is 0 Å². The van der Waals surface area contributed by atoms with Gasteiger partial charge in [-0.25, -0.2) is 0 Å². The lowest BCUT2D eigenvalue weighted by atomic mass is 10.2. The predicted octanol–water partition coefficient (Wildman–Crippen LogP) is 4.47. The maximum Gasteiger partial charge on any atom is 0.133 e. The first-order valence-corrected chi connectivity index (χ1v) is 5.83. The van der Waals surface area contributed by atoms with Crippen LogP contribution < -0.4 is 0 Å². The quantitative estimate of drug-likeness (QED) is 0.594. The first-order chi connectivity index (χ1) is 6.16. The third-order valence-corrected chi connectivity index (χ3v) is 3.66. The molecule has 0 saturated heterocycles. The molecule has 0 atom stereocenters. The number of benzene rings is 1. The maximum atomic E-state index is 8.39. The zero-order chi connectivity index (χ0) is 9.84. The second kappa shape index (κ2) is 5.11. The van der Waals surface area contributed by atoms with Gasteiger partial charge in [0, 0.05) is 20.8 Å². The fourth-order valence-corrected chi connectivity index (χ4v) is 2.35. The summed E-state index contributed by atoms with van der Waals surface area (Å²) in [5.41, 5.74) is 0.796. The summed E-state index contributed by atoms with van der Waals surface area (Å²) in [6, 6.07) is 3.54. The standard InChI is InChI=1S/C8H4BrCl2NS/c9-6-1-2-7(10)5(8(6)11)3-13-4-12/h1-2H,3H2. The molecule has 0 aliphatic heterocycles. The Morgan fingerprint density at radius 3 is 2.77 bits per heavy atom. The van der Waals surface area contributed by atoms with Gasteiger partial charge in [0.25, 0.3) is 0 Å². The fourth-order valence-electron chi connectivity index (χ4n) is 0.806. The van der Waals surface area contributed by atoms with Crippen molar-refractivity contribution in [2.75, 3.05) is 0 Å². The highest BCUT2D eigenvalue weighted by Crippen LogP contribution is 2.33. The molecule has 0 unspecified atom stereocenters. The molecule has 0 amide bonds. The lowest BCUT2D eigenvalue weighted by Gasteiger charge is -2.05. The van der Waals surface area contributed by atoms with Gasteiger partial charge in [0.05, 0.1) is 5.02 Å². The Labute approximate surface area is 99.2 Å². The third-order valence-electron chi connectivity index (χ3n) is 1.42. The molecule has 0 heterocycles. The van der Waals surface area contributed by atoms with Gasteiger partial charge in [-0.05, 0) is 39.8 Å². The van der Waals surface area contributed by atoms with E-state index in [1.54, 1.807) is 12.1 Å². The average Bonchev–Trinajstić information content (AvgIpc) is 2.12. The van der Waals surface area contributed by atoms with E-state index in [0.717, 1.165) is 21.8 Å². The van der Waals surface area contributed by atoms with Crippen LogP contribution in [0.25, 0.3) is 0 Å².